The average Bonchev–Trinajstić information content (AvgIpc) is 2.77. The zero-order valence-electron chi connectivity index (χ0n) is 8.85. The van der Waals surface area contributed by atoms with Crippen LogP contribution in [-0.2, 0) is 6.54 Å². The Balaban J connectivity index is 2.37. The molecule has 0 atom stereocenters. The summed E-state index contributed by atoms with van der Waals surface area (Å²) in [5.41, 5.74) is 3.76. The summed E-state index contributed by atoms with van der Waals surface area (Å²) in [5, 5.41) is 4.56. The molecule has 0 aliphatic rings. The lowest BCUT2D eigenvalue weighted by atomic mass is 10.4. The number of hydrogen-bond donors (Lipinski definition) is 2. The van der Waals surface area contributed by atoms with Crippen molar-refractivity contribution in [2.24, 2.45) is 5.84 Å². The molecular formula is C8H9IN6OS. The molecule has 0 saturated heterocycles. The third-order valence-electron chi connectivity index (χ3n) is 2.16. The summed E-state index contributed by atoms with van der Waals surface area (Å²) in [7, 11) is 0. The fourth-order valence-corrected chi connectivity index (χ4v) is 2.18. The molecule has 0 saturated carbocycles. The summed E-state index contributed by atoms with van der Waals surface area (Å²) < 4.78 is 5.86. The van der Waals surface area contributed by atoms with E-state index < -0.39 is 0 Å². The fraction of sp³-hybridized carbons (Fsp3) is 0.250. The number of aromatic nitrogens is 4. The molecule has 90 valence electrons. The number of hydrogen-bond acceptors (Lipinski definition) is 7. The molecule has 17 heavy (non-hydrogen) atoms. The van der Waals surface area contributed by atoms with Gasteiger partial charge in [-0.15, -0.1) is 5.10 Å². The van der Waals surface area contributed by atoms with Crippen LogP contribution < -0.4 is 16.8 Å². The minimum absolute atomic E-state index is 0.0888. The van der Waals surface area contributed by atoms with Gasteiger partial charge in [0.05, 0.1) is 22.1 Å². The molecule has 0 aliphatic heterocycles. The predicted molar refractivity (Wildman–Crippen MR) is 72.8 cm³/mol. The van der Waals surface area contributed by atoms with Crippen LogP contribution in [0.4, 0.5) is 5.00 Å². The molecule has 7 nitrogen and oxygen atoms in total. The van der Waals surface area contributed by atoms with E-state index in [1.807, 2.05) is 22.6 Å². The van der Waals surface area contributed by atoms with Crippen LogP contribution >= 0.6 is 34.1 Å². The molecule has 0 fully saturated rings. The maximum Gasteiger partial charge on any atom is 0.267 e. The van der Waals surface area contributed by atoms with Crippen molar-refractivity contribution in [1.82, 2.24) is 19.1 Å². The van der Waals surface area contributed by atoms with Crippen LogP contribution in [0.2, 0.25) is 0 Å². The number of halogens is 1. The third kappa shape index (κ3) is 2.45. The summed E-state index contributed by atoms with van der Waals surface area (Å²) in [6, 6.07) is 0. The Morgan fingerprint density at radius 2 is 2.41 bits per heavy atom. The zero-order chi connectivity index (χ0) is 12.4. The SMILES string of the molecule is Cc1ncn(Cc2nnsc2NN)c(=O)c1I. The summed E-state index contributed by atoms with van der Waals surface area (Å²) >= 11 is 3.13. The fourth-order valence-electron chi connectivity index (χ4n) is 1.24. The first kappa shape index (κ1) is 12.4. The smallest absolute Gasteiger partial charge is 0.267 e. The topological polar surface area (TPSA) is 98.7 Å². The van der Waals surface area contributed by atoms with Gasteiger partial charge in [0, 0.05) is 11.5 Å². The number of anilines is 1. The normalized spacial score (nSPS) is 10.5. The number of hydrazine groups is 1. The van der Waals surface area contributed by atoms with Crippen molar-refractivity contribution in [3.05, 3.63) is 31.6 Å². The van der Waals surface area contributed by atoms with E-state index in [1.165, 1.54) is 10.9 Å². The Morgan fingerprint density at radius 3 is 3.12 bits per heavy atom. The minimum Gasteiger partial charge on any atom is -0.313 e. The molecule has 2 aromatic heterocycles. The Labute approximate surface area is 114 Å². The highest BCUT2D eigenvalue weighted by atomic mass is 127. The van der Waals surface area contributed by atoms with Crippen LogP contribution in [0.1, 0.15) is 11.4 Å². The van der Waals surface area contributed by atoms with E-state index in [1.54, 1.807) is 6.92 Å². The average molecular weight is 364 g/mol. The van der Waals surface area contributed by atoms with Crippen molar-refractivity contribution in [2.75, 3.05) is 5.43 Å². The molecular weight excluding hydrogens is 355 g/mol. The second-order valence-electron chi connectivity index (χ2n) is 3.27. The molecule has 0 amide bonds. The maximum atomic E-state index is 11.9. The summed E-state index contributed by atoms with van der Waals surface area (Å²) in [5.74, 6) is 5.32. The molecule has 3 N–H and O–H groups in total. The van der Waals surface area contributed by atoms with Gasteiger partial charge in [-0.3, -0.25) is 9.36 Å². The largest absolute Gasteiger partial charge is 0.313 e. The highest BCUT2D eigenvalue weighted by Crippen LogP contribution is 2.16. The van der Waals surface area contributed by atoms with Crippen LogP contribution in [0, 0.1) is 10.5 Å². The van der Waals surface area contributed by atoms with E-state index in [0.717, 1.165) is 17.2 Å². The molecule has 2 heterocycles. The van der Waals surface area contributed by atoms with E-state index in [2.05, 4.69) is 20.0 Å². The van der Waals surface area contributed by atoms with Crippen LogP contribution in [0.5, 0.6) is 0 Å². The van der Waals surface area contributed by atoms with E-state index in [4.69, 9.17) is 5.84 Å². The van der Waals surface area contributed by atoms with Crippen molar-refractivity contribution in [3.63, 3.8) is 0 Å². The summed E-state index contributed by atoms with van der Waals surface area (Å²) in [4.78, 5) is 16.1. The van der Waals surface area contributed by atoms with Crippen LogP contribution in [0.3, 0.4) is 0 Å². The van der Waals surface area contributed by atoms with Crippen LogP contribution in [-0.4, -0.2) is 19.1 Å². The van der Waals surface area contributed by atoms with Gasteiger partial charge in [0.1, 0.15) is 10.7 Å². The first-order valence-electron chi connectivity index (χ1n) is 4.63. The molecule has 2 aromatic rings. The first-order chi connectivity index (χ1) is 8.13. The van der Waals surface area contributed by atoms with Crippen LogP contribution in [0.25, 0.3) is 0 Å². The van der Waals surface area contributed by atoms with Gasteiger partial charge in [-0.1, -0.05) is 4.49 Å². The van der Waals surface area contributed by atoms with Gasteiger partial charge in [-0.05, 0) is 29.5 Å². The van der Waals surface area contributed by atoms with Crippen molar-refractivity contribution in [2.45, 2.75) is 13.5 Å². The molecule has 2 rings (SSSR count). The van der Waals surface area contributed by atoms with Crippen LogP contribution in [0.15, 0.2) is 11.1 Å². The highest BCUT2D eigenvalue weighted by molar-refractivity contribution is 14.1. The Kier molecular flexibility index (Phi) is 3.69. The van der Waals surface area contributed by atoms with Crippen molar-refractivity contribution in [1.29, 1.82) is 0 Å². The number of nitrogen functional groups attached to an aromatic ring is 1. The lowest BCUT2D eigenvalue weighted by Crippen LogP contribution is -2.25. The number of aryl methyl sites for hydroxylation is 1. The number of rotatable bonds is 3. The molecule has 0 spiro atoms. The number of nitrogens with zero attached hydrogens (tertiary/aromatic N) is 4. The van der Waals surface area contributed by atoms with Gasteiger partial charge in [0.25, 0.3) is 5.56 Å². The van der Waals surface area contributed by atoms with Gasteiger partial charge in [0.2, 0.25) is 0 Å². The highest BCUT2D eigenvalue weighted by Gasteiger charge is 2.10. The predicted octanol–water partition coefficient (Wildman–Crippen LogP) is 0.342. The molecule has 0 bridgehead atoms. The van der Waals surface area contributed by atoms with Gasteiger partial charge in [0.15, 0.2) is 0 Å². The van der Waals surface area contributed by atoms with Crippen molar-refractivity contribution >= 4 is 39.1 Å². The maximum absolute atomic E-state index is 11.9. The van der Waals surface area contributed by atoms with E-state index in [0.29, 0.717) is 20.8 Å². The third-order valence-corrected chi connectivity index (χ3v) is 4.11. The van der Waals surface area contributed by atoms with Crippen molar-refractivity contribution < 1.29 is 0 Å². The van der Waals surface area contributed by atoms with Gasteiger partial charge in [-0.25, -0.2) is 10.8 Å². The Bertz CT molecular complexity index is 594. The van der Waals surface area contributed by atoms with E-state index in [9.17, 15) is 4.79 Å². The molecule has 0 aromatic carbocycles. The Hall–Kier alpha value is -1.07. The summed E-state index contributed by atoms with van der Waals surface area (Å²) in [6.45, 7) is 2.10. The van der Waals surface area contributed by atoms with E-state index in [-0.39, 0.29) is 5.56 Å². The van der Waals surface area contributed by atoms with Gasteiger partial charge in [-0.2, -0.15) is 0 Å². The van der Waals surface area contributed by atoms with Crippen molar-refractivity contribution in [3.8, 4) is 0 Å². The van der Waals surface area contributed by atoms with E-state index >= 15 is 0 Å². The van der Waals surface area contributed by atoms with Gasteiger partial charge < -0.3 is 5.43 Å². The van der Waals surface area contributed by atoms with Gasteiger partial charge >= 0.3 is 0 Å². The second kappa shape index (κ2) is 5.06. The lowest BCUT2D eigenvalue weighted by molar-refractivity contribution is 0.706. The molecule has 0 aliphatic carbocycles. The second-order valence-corrected chi connectivity index (χ2v) is 5.10. The zero-order valence-corrected chi connectivity index (χ0v) is 11.8. The lowest BCUT2D eigenvalue weighted by Gasteiger charge is -2.05. The molecule has 0 radical (unpaired) electrons. The minimum atomic E-state index is -0.0888. The monoisotopic (exact) mass is 364 g/mol. The Morgan fingerprint density at radius 1 is 1.65 bits per heavy atom. The molecule has 0 unspecified atom stereocenters. The first-order valence-corrected chi connectivity index (χ1v) is 6.48. The summed E-state index contributed by atoms with van der Waals surface area (Å²) in [6.07, 6.45) is 1.50. The number of nitrogens with two attached hydrogens (primary N) is 1. The number of nitrogens with one attached hydrogen (secondary N) is 1. The standard InChI is InChI=1S/C8H9IN6OS/c1-4-6(9)8(16)15(3-11-4)2-5-7(12-10)17-14-13-5/h3,12H,2,10H2,1H3. The quantitative estimate of drug-likeness (QED) is 0.463. The molecule has 9 heteroatoms.